The van der Waals surface area contributed by atoms with Crippen LogP contribution < -0.4 is 10.2 Å². The van der Waals surface area contributed by atoms with Crippen molar-refractivity contribution < 1.29 is 0 Å². The topological polar surface area (TPSA) is 46.0 Å². The zero-order valence-electron chi connectivity index (χ0n) is 9.35. The van der Waals surface area contributed by atoms with E-state index in [2.05, 4.69) is 24.8 Å². The molecule has 1 saturated heterocycles. The second kappa shape index (κ2) is 3.75. The normalized spacial score (nSPS) is 16.9. The van der Waals surface area contributed by atoms with E-state index in [4.69, 9.17) is 0 Å². The van der Waals surface area contributed by atoms with E-state index in [1.165, 1.54) is 0 Å². The minimum atomic E-state index is 1.02. The standard InChI is InChI=1S/C11H15N5/c1-15-10-8-13-3-2-9(10)14-11(15)16-6-4-12-5-7-16/h2-3,8,12H,4-7H2,1H3. The number of rotatable bonds is 1. The van der Waals surface area contributed by atoms with Crippen molar-refractivity contribution in [3.8, 4) is 0 Å². The Morgan fingerprint density at radius 3 is 2.88 bits per heavy atom. The van der Waals surface area contributed by atoms with Crippen LogP contribution in [0.4, 0.5) is 5.95 Å². The third kappa shape index (κ3) is 1.44. The Labute approximate surface area is 94.1 Å². The minimum Gasteiger partial charge on any atom is -0.340 e. The first-order valence-corrected chi connectivity index (χ1v) is 5.58. The highest BCUT2D eigenvalue weighted by Crippen LogP contribution is 2.20. The van der Waals surface area contributed by atoms with Gasteiger partial charge in [-0.1, -0.05) is 0 Å². The van der Waals surface area contributed by atoms with E-state index in [0.29, 0.717) is 0 Å². The summed E-state index contributed by atoms with van der Waals surface area (Å²) in [6, 6.07) is 1.96. The predicted molar refractivity (Wildman–Crippen MR) is 63.6 cm³/mol. The molecule has 0 amide bonds. The van der Waals surface area contributed by atoms with Crippen LogP contribution in [0.3, 0.4) is 0 Å². The molecule has 3 heterocycles. The molecule has 5 nitrogen and oxygen atoms in total. The number of pyridine rings is 1. The Kier molecular flexibility index (Phi) is 2.25. The predicted octanol–water partition coefficient (Wildman–Crippen LogP) is 0.378. The molecule has 0 aliphatic carbocycles. The van der Waals surface area contributed by atoms with E-state index in [1.807, 2.05) is 19.3 Å². The third-order valence-corrected chi connectivity index (χ3v) is 3.06. The van der Waals surface area contributed by atoms with Crippen LogP contribution in [0.5, 0.6) is 0 Å². The maximum atomic E-state index is 4.66. The van der Waals surface area contributed by atoms with Crippen molar-refractivity contribution in [1.29, 1.82) is 0 Å². The number of aryl methyl sites for hydroxylation is 1. The second-order valence-electron chi connectivity index (χ2n) is 4.07. The largest absolute Gasteiger partial charge is 0.340 e. The number of imidazole rings is 1. The average Bonchev–Trinajstić information content (AvgIpc) is 2.69. The van der Waals surface area contributed by atoms with Crippen molar-refractivity contribution in [2.24, 2.45) is 7.05 Å². The fourth-order valence-electron chi connectivity index (χ4n) is 2.17. The summed E-state index contributed by atoms with van der Waals surface area (Å²) in [6.45, 7) is 4.10. The molecule has 0 atom stereocenters. The van der Waals surface area contributed by atoms with Gasteiger partial charge in [0.25, 0.3) is 0 Å². The first-order chi connectivity index (χ1) is 7.86. The summed E-state index contributed by atoms with van der Waals surface area (Å²) in [4.78, 5) is 11.1. The lowest BCUT2D eigenvalue weighted by molar-refractivity contribution is 0.575. The van der Waals surface area contributed by atoms with E-state index in [1.54, 1.807) is 6.20 Å². The molecule has 0 unspecified atom stereocenters. The first-order valence-electron chi connectivity index (χ1n) is 5.58. The summed E-state index contributed by atoms with van der Waals surface area (Å²) in [5, 5.41) is 3.35. The van der Waals surface area contributed by atoms with Gasteiger partial charge in [-0.15, -0.1) is 0 Å². The molecule has 0 radical (unpaired) electrons. The molecular weight excluding hydrogens is 202 g/mol. The lowest BCUT2D eigenvalue weighted by Gasteiger charge is -2.28. The molecule has 0 aromatic carbocycles. The molecule has 5 heteroatoms. The van der Waals surface area contributed by atoms with Crippen molar-refractivity contribution in [2.45, 2.75) is 0 Å². The summed E-state index contributed by atoms with van der Waals surface area (Å²) in [5.74, 6) is 1.05. The van der Waals surface area contributed by atoms with Crippen molar-refractivity contribution in [3.63, 3.8) is 0 Å². The number of hydrogen-bond donors (Lipinski definition) is 1. The molecule has 1 N–H and O–H groups in total. The maximum Gasteiger partial charge on any atom is 0.206 e. The summed E-state index contributed by atoms with van der Waals surface area (Å²) in [7, 11) is 2.05. The van der Waals surface area contributed by atoms with Gasteiger partial charge in [-0.3, -0.25) is 4.98 Å². The molecule has 1 fully saturated rings. The molecule has 3 rings (SSSR count). The van der Waals surface area contributed by atoms with Crippen molar-refractivity contribution in [3.05, 3.63) is 18.5 Å². The fourth-order valence-corrected chi connectivity index (χ4v) is 2.17. The van der Waals surface area contributed by atoms with Crippen molar-refractivity contribution in [2.75, 3.05) is 31.1 Å². The van der Waals surface area contributed by atoms with Gasteiger partial charge in [0.15, 0.2) is 0 Å². The number of anilines is 1. The van der Waals surface area contributed by atoms with Gasteiger partial charge in [0.05, 0.1) is 17.2 Å². The Morgan fingerprint density at radius 2 is 2.12 bits per heavy atom. The van der Waals surface area contributed by atoms with Crippen LogP contribution >= 0.6 is 0 Å². The quantitative estimate of drug-likeness (QED) is 0.750. The minimum absolute atomic E-state index is 1.02. The van der Waals surface area contributed by atoms with Gasteiger partial charge < -0.3 is 14.8 Å². The van der Waals surface area contributed by atoms with Gasteiger partial charge in [0, 0.05) is 39.4 Å². The summed E-state index contributed by atoms with van der Waals surface area (Å²) < 4.78 is 2.12. The third-order valence-electron chi connectivity index (χ3n) is 3.06. The van der Waals surface area contributed by atoms with Crippen molar-refractivity contribution >= 4 is 17.0 Å². The van der Waals surface area contributed by atoms with Crippen LogP contribution in [-0.2, 0) is 7.05 Å². The van der Waals surface area contributed by atoms with Gasteiger partial charge in [0.2, 0.25) is 5.95 Å². The van der Waals surface area contributed by atoms with Crippen LogP contribution in [0.2, 0.25) is 0 Å². The monoisotopic (exact) mass is 217 g/mol. The summed E-state index contributed by atoms with van der Waals surface area (Å²) >= 11 is 0. The first kappa shape index (κ1) is 9.59. The van der Waals surface area contributed by atoms with Gasteiger partial charge in [-0.2, -0.15) is 0 Å². The summed E-state index contributed by atoms with van der Waals surface area (Å²) in [6.07, 6.45) is 3.66. The number of nitrogens with one attached hydrogen (secondary N) is 1. The SMILES string of the molecule is Cn1c(N2CCNCC2)nc2ccncc21. The number of nitrogens with zero attached hydrogens (tertiary/aromatic N) is 4. The van der Waals surface area contributed by atoms with E-state index < -0.39 is 0 Å². The Bertz CT molecular complexity index is 498. The second-order valence-corrected chi connectivity index (χ2v) is 4.07. The number of fused-ring (bicyclic) bond motifs is 1. The van der Waals surface area contributed by atoms with Crippen LogP contribution in [0.1, 0.15) is 0 Å². The molecule has 16 heavy (non-hydrogen) atoms. The highest BCUT2D eigenvalue weighted by molar-refractivity contribution is 5.77. The van der Waals surface area contributed by atoms with Crippen LogP contribution in [0.15, 0.2) is 18.5 Å². The molecule has 0 bridgehead atoms. The Hall–Kier alpha value is -1.62. The van der Waals surface area contributed by atoms with E-state index >= 15 is 0 Å². The molecule has 0 saturated carbocycles. The van der Waals surface area contributed by atoms with Gasteiger partial charge in [-0.05, 0) is 6.07 Å². The van der Waals surface area contributed by atoms with Gasteiger partial charge in [0.1, 0.15) is 0 Å². The molecule has 1 aliphatic heterocycles. The number of piperazine rings is 1. The van der Waals surface area contributed by atoms with Crippen molar-refractivity contribution in [1.82, 2.24) is 19.9 Å². The highest BCUT2D eigenvalue weighted by atomic mass is 15.3. The van der Waals surface area contributed by atoms with E-state index in [0.717, 1.165) is 43.2 Å². The smallest absolute Gasteiger partial charge is 0.206 e. The van der Waals surface area contributed by atoms with E-state index in [-0.39, 0.29) is 0 Å². The fraction of sp³-hybridized carbons (Fsp3) is 0.455. The molecule has 2 aromatic heterocycles. The van der Waals surface area contributed by atoms with E-state index in [9.17, 15) is 0 Å². The molecule has 1 aliphatic rings. The molecule has 0 spiro atoms. The number of aromatic nitrogens is 3. The molecular formula is C11H15N5. The lowest BCUT2D eigenvalue weighted by Crippen LogP contribution is -2.44. The van der Waals surface area contributed by atoms with Crippen LogP contribution in [0, 0.1) is 0 Å². The zero-order chi connectivity index (χ0) is 11.0. The maximum absolute atomic E-state index is 4.66. The lowest BCUT2D eigenvalue weighted by atomic mass is 10.4. The number of hydrogen-bond acceptors (Lipinski definition) is 4. The van der Waals surface area contributed by atoms with Crippen LogP contribution in [0.25, 0.3) is 11.0 Å². The zero-order valence-corrected chi connectivity index (χ0v) is 9.35. The molecule has 84 valence electrons. The van der Waals surface area contributed by atoms with Gasteiger partial charge in [-0.25, -0.2) is 4.98 Å². The molecule has 2 aromatic rings. The summed E-state index contributed by atoms with van der Waals surface area (Å²) in [5.41, 5.74) is 2.11. The average molecular weight is 217 g/mol. The Balaban J connectivity index is 2.05. The Morgan fingerprint density at radius 1 is 1.31 bits per heavy atom. The van der Waals surface area contributed by atoms with Gasteiger partial charge >= 0.3 is 0 Å². The van der Waals surface area contributed by atoms with Crippen LogP contribution in [-0.4, -0.2) is 40.7 Å². The highest BCUT2D eigenvalue weighted by Gasteiger charge is 2.16.